The highest BCUT2D eigenvalue weighted by molar-refractivity contribution is 5.88. The van der Waals surface area contributed by atoms with Gasteiger partial charge in [0.15, 0.2) is 0 Å². The van der Waals surface area contributed by atoms with Crippen LogP contribution in [0.5, 0.6) is 0 Å². The summed E-state index contributed by atoms with van der Waals surface area (Å²) < 4.78 is 0. The van der Waals surface area contributed by atoms with Gasteiger partial charge in [0.25, 0.3) is 0 Å². The molecule has 2 heterocycles. The maximum Gasteiger partial charge on any atom is 0.0901 e. The van der Waals surface area contributed by atoms with Crippen LogP contribution in [0.2, 0.25) is 0 Å². The van der Waals surface area contributed by atoms with E-state index in [1.807, 2.05) is 48.6 Å². The molecule has 2 aliphatic rings. The van der Waals surface area contributed by atoms with Crippen LogP contribution in [0.15, 0.2) is 69.9 Å². The minimum Gasteiger partial charge on any atom is -0.254 e. The smallest absolute Gasteiger partial charge is 0.0901 e. The van der Waals surface area contributed by atoms with Crippen LogP contribution in [0.25, 0.3) is 0 Å². The first-order valence-electron chi connectivity index (χ1n) is 4.46. The van der Waals surface area contributed by atoms with Gasteiger partial charge in [-0.25, -0.2) is 0 Å². The van der Waals surface area contributed by atoms with E-state index in [0.29, 0.717) is 0 Å². The Morgan fingerprint density at radius 1 is 0.571 bits per heavy atom. The van der Waals surface area contributed by atoms with Crippen molar-refractivity contribution in [1.29, 1.82) is 0 Å². The predicted molar refractivity (Wildman–Crippen MR) is 59.6 cm³/mol. The molecule has 1 aromatic rings. The van der Waals surface area contributed by atoms with Gasteiger partial charge in [0, 0.05) is 12.4 Å². The van der Waals surface area contributed by atoms with Crippen LogP contribution in [-0.4, -0.2) is 12.4 Å². The first kappa shape index (κ1) is 8.63. The van der Waals surface area contributed by atoms with Gasteiger partial charge in [-0.05, 0) is 12.2 Å². The summed E-state index contributed by atoms with van der Waals surface area (Å²) in [6.07, 6.45) is 7.32. The van der Waals surface area contributed by atoms with Gasteiger partial charge in [-0.1, -0.05) is 36.4 Å². The number of benzene rings is 1. The van der Waals surface area contributed by atoms with Gasteiger partial charge in [0.05, 0.1) is 11.4 Å². The Morgan fingerprint density at radius 3 is 1.29 bits per heavy atom. The highest BCUT2D eigenvalue weighted by atomic mass is 14.9. The fourth-order valence-electron chi connectivity index (χ4n) is 1.15. The molecule has 0 amide bonds. The average Bonchev–Trinajstić information content (AvgIpc) is 2.82. The van der Waals surface area contributed by atoms with Crippen molar-refractivity contribution in [3.63, 3.8) is 0 Å². The molecule has 0 unspecified atom stereocenters. The molecule has 0 radical (unpaired) electrons. The maximum atomic E-state index is 4.02. The zero-order chi connectivity index (χ0) is 9.64. The molecule has 0 saturated carbocycles. The number of hydrogen-bond donors (Lipinski definition) is 0. The number of nitrogens with zero attached hydrogens (tertiary/aromatic N) is 2. The second-order valence-corrected chi connectivity index (χ2v) is 2.81. The molecule has 0 bridgehead atoms. The molecule has 0 N–H and O–H groups in total. The molecule has 68 valence electrons. The van der Waals surface area contributed by atoms with Crippen molar-refractivity contribution in [2.45, 2.75) is 0 Å². The molecule has 3 rings (SSSR count). The molecule has 2 heteroatoms. The topological polar surface area (TPSA) is 24.7 Å². The van der Waals surface area contributed by atoms with Crippen molar-refractivity contribution in [3.8, 4) is 0 Å². The lowest BCUT2D eigenvalue weighted by Gasteiger charge is -1.83. The molecule has 1 aromatic carbocycles. The summed E-state index contributed by atoms with van der Waals surface area (Å²) >= 11 is 0. The summed E-state index contributed by atoms with van der Waals surface area (Å²) in [4.78, 5) is 8.03. The number of aliphatic imine (C=N–C) groups is 2. The van der Waals surface area contributed by atoms with Gasteiger partial charge < -0.3 is 0 Å². The first-order chi connectivity index (χ1) is 6.97. The van der Waals surface area contributed by atoms with Gasteiger partial charge in [0.1, 0.15) is 0 Å². The highest BCUT2D eigenvalue weighted by Gasteiger charge is 2.07. The van der Waals surface area contributed by atoms with Crippen LogP contribution >= 0.6 is 0 Å². The lowest BCUT2D eigenvalue weighted by atomic mass is 10.4. The molecular weight excluding hydrogens is 172 g/mol. The van der Waals surface area contributed by atoms with Gasteiger partial charge >= 0.3 is 0 Å². The van der Waals surface area contributed by atoms with Crippen molar-refractivity contribution in [2.75, 3.05) is 0 Å². The Bertz CT molecular complexity index is 358. The van der Waals surface area contributed by atoms with Crippen molar-refractivity contribution >= 4 is 12.4 Å². The molecule has 2 nitrogen and oxygen atoms in total. The third kappa shape index (κ3) is 2.04. The largest absolute Gasteiger partial charge is 0.254 e. The summed E-state index contributed by atoms with van der Waals surface area (Å²) in [6.45, 7) is 0. The quantitative estimate of drug-likeness (QED) is 0.589. The van der Waals surface area contributed by atoms with Crippen LogP contribution in [0, 0.1) is 0 Å². The predicted octanol–water partition coefficient (Wildman–Crippen LogP) is 2.61. The van der Waals surface area contributed by atoms with E-state index in [-0.39, 0.29) is 0 Å². The summed E-state index contributed by atoms with van der Waals surface area (Å²) in [6, 6.07) is 12.0. The van der Waals surface area contributed by atoms with Crippen molar-refractivity contribution in [2.24, 2.45) is 9.98 Å². The van der Waals surface area contributed by atoms with E-state index in [4.69, 9.17) is 0 Å². The summed E-state index contributed by atoms with van der Waals surface area (Å²) in [7, 11) is 0. The maximum absolute atomic E-state index is 4.02. The van der Waals surface area contributed by atoms with E-state index in [0.717, 1.165) is 11.4 Å². The Hall–Kier alpha value is -1.96. The van der Waals surface area contributed by atoms with Crippen molar-refractivity contribution in [3.05, 3.63) is 59.9 Å². The minimum absolute atomic E-state index is 0.991. The van der Waals surface area contributed by atoms with Gasteiger partial charge in [-0.15, -0.1) is 0 Å². The summed E-state index contributed by atoms with van der Waals surface area (Å²) in [5.41, 5.74) is 1.98. The fraction of sp³-hybridized carbons (Fsp3) is 0. The molecule has 0 atom stereocenters. The number of hydrogen-bond acceptors (Lipinski definition) is 2. The lowest BCUT2D eigenvalue weighted by molar-refractivity contribution is 1.33. The number of fused-ring (bicyclic) bond motifs is 1. The number of allylic oxidation sites excluding steroid dienone is 2. The second-order valence-electron chi connectivity index (χ2n) is 2.81. The zero-order valence-corrected chi connectivity index (χ0v) is 7.67. The van der Waals surface area contributed by atoms with Crippen LogP contribution in [0.4, 0.5) is 0 Å². The lowest BCUT2D eigenvalue weighted by Crippen LogP contribution is -1.66. The molecule has 14 heavy (non-hydrogen) atoms. The Morgan fingerprint density at radius 2 is 0.929 bits per heavy atom. The third-order valence-electron chi connectivity index (χ3n) is 1.82. The Kier molecular flexibility index (Phi) is 2.67. The normalized spacial score (nSPS) is 15.4. The molecule has 0 aliphatic carbocycles. The molecule has 0 fully saturated rings. The highest BCUT2D eigenvalue weighted by Crippen LogP contribution is 2.19. The molecular formula is C12H10N2. The standard InChI is InChI=1S/C6H4N2.C6H6/c1-3-7-6-2-4-8-5(1)6;1-2-4-6-5-3-1/h1-4H;1-6H. The van der Waals surface area contributed by atoms with Crippen molar-refractivity contribution in [1.82, 2.24) is 0 Å². The van der Waals surface area contributed by atoms with Gasteiger partial charge in [0.2, 0.25) is 0 Å². The fourth-order valence-corrected chi connectivity index (χ4v) is 1.15. The summed E-state index contributed by atoms with van der Waals surface area (Å²) in [5.74, 6) is 0. The molecule has 0 aromatic heterocycles. The van der Waals surface area contributed by atoms with Crippen molar-refractivity contribution < 1.29 is 0 Å². The minimum atomic E-state index is 0.991. The van der Waals surface area contributed by atoms with E-state index in [1.54, 1.807) is 12.4 Å². The molecule has 2 aliphatic heterocycles. The van der Waals surface area contributed by atoms with Crippen LogP contribution < -0.4 is 0 Å². The van der Waals surface area contributed by atoms with Crippen LogP contribution in [-0.2, 0) is 0 Å². The zero-order valence-electron chi connectivity index (χ0n) is 7.67. The molecule has 0 spiro atoms. The number of rotatable bonds is 0. The monoisotopic (exact) mass is 182 g/mol. The average molecular weight is 182 g/mol. The van der Waals surface area contributed by atoms with E-state index < -0.39 is 0 Å². The SMILES string of the molecule is C1=NC2=CC=NC2=C1.c1ccccc1. The van der Waals surface area contributed by atoms with Gasteiger partial charge in [-0.3, -0.25) is 9.98 Å². The molecule has 0 saturated heterocycles. The Balaban J connectivity index is 0.000000112. The van der Waals surface area contributed by atoms with E-state index >= 15 is 0 Å². The summed E-state index contributed by atoms with van der Waals surface area (Å²) in [5, 5.41) is 0. The van der Waals surface area contributed by atoms with E-state index in [9.17, 15) is 0 Å². The third-order valence-corrected chi connectivity index (χ3v) is 1.82. The van der Waals surface area contributed by atoms with Gasteiger partial charge in [-0.2, -0.15) is 0 Å². The van der Waals surface area contributed by atoms with Crippen LogP contribution in [0.3, 0.4) is 0 Å². The Labute approximate surface area is 83.0 Å². The van der Waals surface area contributed by atoms with E-state index in [2.05, 4.69) is 9.98 Å². The van der Waals surface area contributed by atoms with Crippen LogP contribution in [0.1, 0.15) is 0 Å². The second kappa shape index (κ2) is 4.33. The van der Waals surface area contributed by atoms with E-state index in [1.165, 1.54) is 0 Å². The first-order valence-corrected chi connectivity index (χ1v) is 4.46.